The van der Waals surface area contributed by atoms with Gasteiger partial charge in [-0.2, -0.15) is 0 Å². The zero-order chi connectivity index (χ0) is 29.1. The van der Waals surface area contributed by atoms with Gasteiger partial charge < -0.3 is 30.3 Å². The minimum absolute atomic E-state index is 0.00466. The number of carbonyl (C=O) groups excluding carboxylic acids is 3. The lowest BCUT2D eigenvalue weighted by Gasteiger charge is -2.25. The first-order valence-electron chi connectivity index (χ1n) is 12.6. The van der Waals surface area contributed by atoms with Crippen LogP contribution in [0.25, 0.3) is 0 Å². The van der Waals surface area contributed by atoms with Crippen LogP contribution in [0.3, 0.4) is 0 Å². The first-order chi connectivity index (χ1) is 19.2. The summed E-state index contributed by atoms with van der Waals surface area (Å²) >= 11 is 0. The Morgan fingerprint density at radius 3 is 2.30 bits per heavy atom. The number of nitrogens with one attached hydrogen (secondary N) is 2. The van der Waals surface area contributed by atoms with Crippen molar-refractivity contribution in [3.05, 3.63) is 83.7 Å². The normalized spacial score (nSPS) is 10.4. The molecule has 0 fully saturated rings. The molecule has 0 saturated carbocycles. The number of benzene rings is 2. The number of aliphatic carboxylic acids is 1. The van der Waals surface area contributed by atoms with Crippen molar-refractivity contribution < 1.29 is 29.0 Å². The summed E-state index contributed by atoms with van der Waals surface area (Å²) in [5.41, 5.74) is 3.46. The first-order valence-corrected chi connectivity index (χ1v) is 12.6. The Balaban J connectivity index is 1.61. The van der Waals surface area contributed by atoms with Crippen LogP contribution >= 0.6 is 0 Å². The quantitative estimate of drug-likeness (QED) is 0.315. The van der Waals surface area contributed by atoms with Gasteiger partial charge in [0.2, 0.25) is 11.8 Å². The van der Waals surface area contributed by atoms with Crippen molar-refractivity contribution in [2.45, 2.75) is 26.3 Å². The van der Waals surface area contributed by atoms with Crippen LogP contribution in [0.4, 0.5) is 16.2 Å². The monoisotopic (exact) mass is 547 g/mol. The van der Waals surface area contributed by atoms with Crippen molar-refractivity contribution in [2.75, 3.05) is 37.9 Å². The fraction of sp³-hybridized carbons (Fsp3) is 0.276. The molecule has 0 spiro atoms. The number of nitrogens with zero attached hydrogens (tertiary/aromatic N) is 3. The van der Waals surface area contributed by atoms with Crippen LogP contribution in [0.1, 0.15) is 23.1 Å². The van der Waals surface area contributed by atoms with Crippen LogP contribution in [-0.2, 0) is 27.3 Å². The fourth-order valence-electron chi connectivity index (χ4n) is 3.87. The number of rotatable bonds is 12. The highest BCUT2D eigenvalue weighted by Gasteiger charge is 2.20. The van der Waals surface area contributed by atoms with Crippen molar-refractivity contribution in [1.82, 2.24) is 14.8 Å². The second-order valence-corrected chi connectivity index (χ2v) is 9.17. The van der Waals surface area contributed by atoms with E-state index in [1.165, 1.54) is 24.0 Å². The van der Waals surface area contributed by atoms with Gasteiger partial charge in [0.05, 0.1) is 32.2 Å². The topological polar surface area (TPSA) is 141 Å². The molecule has 0 radical (unpaired) electrons. The molecule has 0 saturated heterocycles. The molecule has 0 aliphatic carbocycles. The van der Waals surface area contributed by atoms with Gasteiger partial charge in [0.15, 0.2) is 0 Å². The number of aryl methyl sites for hydroxylation is 1. The molecule has 2 aromatic carbocycles. The summed E-state index contributed by atoms with van der Waals surface area (Å²) in [4.78, 5) is 56.2. The van der Waals surface area contributed by atoms with Crippen LogP contribution in [0.5, 0.6) is 5.75 Å². The van der Waals surface area contributed by atoms with Crippen molar-refractivity contribution in [2.24, 2.45) is 0 Å². The maximum absolute atomic E-state index is 13.0. The summed E-state index contributed by atoms with van der Waals surface area (Å²) in [6.07, 6.45) is 2.97. The van der Waals surface area contributed by atoms with Crippen molar-refractivity contribution >= 4 is 35.2 Å². The second-order valence-electron chi connectivity index (χ2n) is 9.17. The van der Waals surface area contributed by atoms with Gasteiger partial charge >= 0.3 is 12.0 Å². The molecule has 4 amide bonds. The molecule has 210 valence electrons. The van der Waals surface area contributed by atoms with Gasteiger partial charge in [-0.25, -0.2) is 4.79 Å². The molecule has 0 aliphatic rings. The zero-order valence-electron chi connectivity index (χ0n) is 22.7. The minimum Gasteiger partial charge on any atom is -0.495 e. The number of carboxylic acid groups (broad SMARTS) is 1. The Labute approximate surface area is 232 Å². The molecule has 0 atom stereocenters. The molecule has 11 heteroatoms. The number of ether oxygens (including phenoxy) is 1. The van der Waals surface area contributed by atoms with E-state index in [-0.39, 0.29) is 44.3 Å². The molecule has 3 N–H and O–H groups in total. The molecule has 1 heterocycles. The Bertz CT molecular complexity index is 1350. The Kier molecular flexibility index (Phi) is 10.6. The molecule has 1 aromatic heterocycles. The number of carbonyl (C=O) groups is 4. The van der Waals surface area contributed by atoms with Gasteiger partial charge in [-0.3, -0.25) is 19.4 Å². The Hall–Kier alpha value is -4.93. The summed E-state index contributed by atoms with van der Waals surface area (Å²) in [5.74, 6) is -1.32. The molecular weight excluding hydrogens is 514 g/mol. The number of hydrogen-bond acceptors (Lipinski definition) is 6. The van der Waals surface area contributed by atoms with Gasteiger partial charge in [0.25, 0.3) is 0 Å². The van der Waals surface area contributed by atoms with Crippen LogP contribution in [-0.4, -0.2) is 71.0 Å². The third kappa shape index (κ3) is 8.83. The number of amides is 4. The molecule has 3 aromatic rings. The molecular formula is C29H33N5O6. The van der Waals surface area contributed by atoms with Crippen LogP contribution in [0.2, 0.25) is 0 Å². The molecule has 40 heavy (non-hydrogen) atoms. The van der Waals surface area contributed by atoms with E-state index in [2.05, 4.69) is 15.6 Å². The average molecular weight is 548 g/mol. The number of anilines is 2. The number of methoxy groups -OCH3 is 1. The highest BCUT2D eigenvalue weighted by Crippen LogP contribution is 2.26. The largest absolute Gasteiger partial charge is 0.495 e. The SMILES string of the molecule is COc1cc(CC(=O)N(C)CC(=O)N(CCC(=O)O)Cc2ccncc2)ccc1NC(=O)Nc1ccccc1C. The highest BCUT2D eigenvalue weighted by molar-refractivity contribution is 6.01. The fourth-order valence-corrected chi connectivity index (χ4v) is 3.87. The molecule has 0 aliphatic heterocycles. The van der Waals surface area contributed by atoms with E-state index in [1.807, 2.05) is 25.1 Å². The van der Waals surface area contributed by atoms with Gasteiger partial charge in [0.1, 0.15) is 5.75 Å². The van der Waals surface area contributed by atoms with Crippen LogP contribution in [0, 0.1) is 6.92 Å². The average Bonchev–Trinajstić information content (AvgIpc) is 2.93. The van der Waals surface area contributed by atoms with Crippen LogP contribution < -0.4 is 15.4 Å². The number of likely N-dealkylation sites (N-methyl/N-ethyl adjacent to an activating group) is 1. The summed E-state index contributed by atoms with van der Waals surface area (Å²) in [6.45, 7) is 1.90. The van der Waals surface area contributed by atoms with Crippen molar-refractivity contribution in [3.8, 4) is 5.75 Å². The molecule has 0 bridgehead atoms. The van der Waals surface area contributed by atoms with E-state index >= 15 is 0 Å². The summed E-state index contributed by atoms with van der Waals surface area (Å²) in [7, 11) is 2.98. The summed E-state index contributed by atoms with van der Waals surface area (Å²) in [6, 6.07) is 15.4. The number of hydrogen-bond donors (Lipinski definition) is 3. The number of pyridine rings is 1. The van der Waals surface area contributed by atoms with Gasteiger partial charge in [-0.1, -0.05) is 24.3 Å². The highest BCUT2D eigenvalue weighted by atomic mass is 16.5. The number of para-hydroxylation sites is 1. The van der Waals surface area contributed by atoms with E-state index in [9.17, 15) is 19.2 Å². The minimum atomic E-state index is -1.02. The van der Waals surface area contributed by atoms with E-state index in [1.54, 1.807) is 48.8 Å². The molecule has 0 unspecified atom stereocenters. The number of aromatic nitrogens is 1. The first kappa shape index (κ1) is 29.6. The van der Waals surface area contributed by atoms with Gasteiger partial charge in [0, 0.05) is 38.2 Å². The predicted octanol–water partition coefficient (Wildman–Crippen LogP) is 3.55. The lowest BCUT2D eigenvalue weighted by Crippen LogP contribution is -2.42. The third-order valence-electron chi connectivity index (χ3n) is 6.13. The van der Waals surface area contributed by atoms with Crippen LogP contribution in [0.15, 0.2) is 67.0 Å². The standard InChI is InChI=1S/C29H33N5O6/c1-20-6-4-5-7-23(20)31-29(39)32-24-9-8-22(16-25(24)40-3)17-26(35)33(2)19-27(36)34(15-12-28(37)38)18-21-10-13-30-14-11-21/h4-11,13-14,16H,12,15,17-19H2,1-3H3,(H,37,38)(H2,31,32,39). The Morgan fingerprint density at radius 2 is 1.62 bits per heavy atom. The molecule has 11 nitrogen and oxygen atoms in total. The molecule has 3 rings (SSSR count). The summed E-state index contributed by atoms with van der Waals surface area (Å²) < 4.78 is 5.42. The predicted molar refractivity (Wildman–Crippen MR) is 150 cm³/mol. The van der Waals surface area contributed by atoms with Crippen molar-refractivity contribution in [1.29, 1.82) is 0 Å². The zero-order valence-corrected chi connectivity index (χ0v) is 22.7. The van der Waals surface area contributed by atoms with Gasteiger partial charge in [-0.15, -0.1) is 0 Å². The summed E-state index contributed by atoms with van der Waals surface area (Å²) in [5, 5.41) is 14.6. The third-order valence-corrected chi connectivity index (χ3v) is 6.13. The van der Waals surface area contributed by atoms with E-state index in [4.69, 9.17) is 9.84 Å². The number of urea groups is 1. The van der Waals surface area contributed by atoms with Crippen molar-refractivity contribution in [3.63, 3.8) is 0 Å². The smallest absolute Gasteiger partial charge is 0.323 e. The second kappa shape index (κ2) is 14.3. The van der Waals surface area contributed by atoms with E-state index in [0.717, 1.165) is 11.1 Å². The van der Waals surface area contributed by atoms with Gasteiger partial charge in [-0.05, 0) is 53.9 Å². The Morgan fingerprint density at radius 1 is 0.925 bits per heavy atom. The maximum atomic E-state index is 13.0. The van der Waals surface area contributed by atoms with E-state index < -0.39 is 12.0 Å². The van der Waals surface area contributed by atoms with E-state index in [0.29, 0.717) is 22.7 Å². The number of carboxylic acids is 1. The maximum Gasteiger partial charge on any atom is 0.323 e. The lowest BCUT2D eigenvalue weighted by atomic mass is 10.1. The lowest BCUT2D eigenvalue weighted by molar-refractivity contribution is -0.141.